The van der Waals surface area contributed by atoms with Gasteiger partial charge in [0, 0.05) is 18.7 Å². The van der Waals surface area contributed by atoms with E-state index in [1.807, 2.05) is 6.92 Å². The van der Waals surface area contributed by atoms with Crippen LogP contribution in [0.1, 0.15) is 26.7 Å². The lowest BCUT2D eigenvalue weighted by molar-refractivity contribution is -0.144. The van der Waals surface area contributed by atoms with E-state index in [1.54, 1.807) is 13.0 Å². The van der Waals surface area contributed by atoms with Gasteiger partial charge in [-0.25, -0.2) is 4.79 Å². The van der Waals surface area contributed by atoms with Gasteiger partial charge in [0.1, 0.15) is 6.10 Å². The second kappa shape index (κ2) is 4.42. The zero-order valence-electron chi connectivity index (χ0n) is 10.0. The molecular formula is C13H19NO2. The minimum Gasteiger partial charge on any atom is -0.457 e. The van der Waals surface area contributed by atoms with E-state index in [1.165, 1.54) is 5.57 Å². The zero-order valence-corrected chi connectivity index (χ0v) is 10.0. The maximum absolute atomic E-state index is 11.7. The third kappa shape index (κ3) is 1.92. The van der Waals surface area contributed by atoms with Gasteiger partial charge < -0.3 is 4.74 Å². The van der Waals surface area contributed by atoms with Crippen LogP contribution in [-0.2, 0) is 9.53 Å². The third-order valence-electron chi connectivity index (χ3n) is 3.60. The van der Waals surface area contributed by atoms with Gasteiger partial charge >= 0.3 is 5.97 Å². The Kier molecular flexibility index (Phi) is 3.15. The van der Waals surface area contributed by atoms with Crippen LogP contribution in [0.25, 0.3) is 0 Å². The summed E-state index contributed by atoms with van der Waals surface area (Å²) in [6.07, 6.45) is 3.78. The van der Waals surface area contributed by atoms with E-state index in [9.17, 15) is 4.79 Å². The molecule has 88 valence electrons. The Morgan fingerprint density at radius 2 is 2.31 bits per heavy atom. The molecule has 0 unspecified atom stereocenters. The number of nitrogens with zero attached hydrogens (tertiary/aromatic N) is 1. The van der Waals surface area contributed by atoms with Crippen molar-refractivity contribution in [2.45, 2.75) is 38.8 Å². The van der Waals surface area contributed by atoms with Crippen molar-refractivity contribution < 1.29 is 9.53 Å². The minimum atomic E-state index is -0.186. The number of carbonyl (C=O) groups is 1. The number of hydrogen-bond acceptors (Lipinski definition) is 3. The molecule has 2 fully saturated rings. The Labute approximate surface area is 96.8 Å². The lowest BCUT2D eigenvalue weighted by Gasteiger charge is -2.21. The van der Waals surface area contributed by atoms with Crippen LogP contribution in [0.5, 0.6) is 0 Å². The largest absolute Gasteiger partial charge is 0.457 e. The molecule has 0 spiro atoms. The maximum Gasteiger partial charge on any atom is 0.333 e. The number of carbonyl (C=O) groups excluding carboxylic acids is 1. The van der Waals surface area contributed by atoms with Crippen LogP contribution in [0.15, 0.2) is 23.8 Å². The highest BCUT2D eigenvalue weighted by Gasteiger charge is 2.41. The van der Waals surface area contributed by atoms with Crippen molar-refractivity contribution in [3.05, 3.63) is 23.8 Å². The van der Waals surface area contributed by atoms with Crippen LogP contribution in [0, 0.1) is 0 Å². The van der Waals surface area contributed by atoms with E-state index in [0.29, 0.717) is 5.57 Å². The summed E-state index contributed by atoms with van der Waals surface area (Å²) in [5.41, 5.74) is 1.90. The van der Waals surface area contributed by atoms with E-state index in [2.05, 4.69) is 11.5 Å². The monoisotopic (exact) mass is 221 g/mol. The molecule has 0 amide bonds. The van der Waals surface area contributed by atoms with Gasteiger partial charge in [-0.2, -0.15) is 0 Å². The Bertz CT molecular complexity index is 346. The normalized spacial score (nSPS) is 30.6. The predicted molar refractivity (Wildman–Crippen MR) is 63.0 cm³/mol. The quantitative estimate of drug-likeness (QED) is 0.405. The molecule has 0 aromatic heterocycles. The first-order chi connectivity index (χ1) is 7.63. The summed E-state index contributed by atoms with van der Waals surface area (Å²) in [4.78, 5) is 14.1. The Morgan fingerprint density at radius 1 is 1.56 bits per heavy atom. The highest BCUT2D eigenvalue weighted by molar-refractivity contribution is 5.87. The van der Waals surface area contributed by atoms with Gasteiger partial charge in [0.2, 0.25) is 0 Å². The summed E-state index contributed by atoms with van der Waals surface area (Å²) < 4.78 is 5.54. The van der Waals surface area contributed by atoms with E-state index in [-0.39, 0.29) is 18.1 Å². The van der Waals surface area contributed by atoms with Gasteiger partial charge in [-0.15, -0.1) is 0 Å². The number of esters is 1. The van der Waals surface area contributed by atoms with E-state index in [4.69, 9.17) is 4.74 Å². The average molecular weight is 221 g/mol. The molecule has 0 N–H and O–H groups in total. The predicted octanol–water partition coefficient (Wildman–Crippen LogP) is 1.90. The number of hydrogen-bond donors (Lipinski definition) is 0. The highest BCUT2D eigenvalue weighted by Crippen LogP contribution is 2.33. The second-order valence-corrected chi connectivity index (χ2v) is 4.59. The van der Waals surface area contributed by atoms with E-state index >= 15 is 0 Å². The van der Waals surface area contributed by atoms with Gasteiger partial charge in [0.15, 0.2) is 0 Å². The fourth-order valence-electron chi connectivity index (χ4n) is 2.50. The molecule has 0 aromatic carbocycles. The lowest BCUT2D eigenvalue weighted by Crippen LogP contribution is -2.33. The van der Waals surface area contributed by atoms with Crippen molar-refractivity contribution in [1.29, 1.82) is 0 Å². The highest BCUT2D eigenvalue weighted by atomic mass is 16.5. The zero-order chi connectivity index (χ0) is 11.7. The maximum atomic E-state index is 11.7. The molecule has 0 aliphatic carbocycles. The number of fused-ring (bicyclic) bond motifs is 1. The molecule has 2 rings (SSSR count). The molecule has 2 saturated heterocycles. The molecule has 2 heterocycles. The van der Waals surface area contributed by atoms with Gasteiger partial charge in [0.25, 0.3) is 0 Å². The van der Waals surface area contributed by atoms with E-state index < -0.39 is 0 Å². The molecule has 3 heteroatoms. The standard InChI is InChI=1S/C13H19NO2/c1-4-9(2)13(15)16-11-6-8-14-7-5-10(3)12(11)14/h4,11-12H,3,5-8H2,1-2H3/b9-4+/t11-,12-/m1/s1. The van der Waals surface area contributed by atoms with Gasteiger partial charge in [0.05, 0.1) is 6.04 Å². The fourth-order valence-corrected chi connectivity index (χ4v) is 2.50. The van der Waals surface area contributed by atoms with Crippen LogP contribution in [-0.4, -0.2) is 36.1 Å². The smallest absolute Gasteiger partial charge is 0.333 e. The Balaban J connectivity index is 2.01. The van der Waals surface area contributed by atoms with Crippen molar-refractivity contribution in [2.24, 2.45) is 0 Å². The number of allylic oxidation sites excluding steroid dienone is 1. The first-order valence-corrected chi connectivity index (χ1v) is 5.89. The minimum absolute atomic E-state index is 0.0115. The van der Waals surface area contributed by atoms with Gasteiger partial charge in [-0.3, -0.25) is 4.90 Å². The van der Waals surface area contributed by atoms with Gasteiger partial charge in [-0.05, 0) is 26.7 Å². The van der Waals surface area contributed by atoms with Crippen molar-refractivity contribution in [3.63, 3.8) is 0 Å². The van der Waals surface area contributed by atoms with Crippen LogP contribution >= 0.6 is 0 Å². The van der Waals surface area contributed by atoms with Crippen LogP contribution in [0.4, 0.5) is 0 Å². The first kappa shape index (κ1) is 11.4. The number of ether oxygens (including phenoxy) is 1. The van der Waals surface area contributed by atoms with Gasteiger partial charge in [-0.1, -0.05) is 18.2 Å². The Morgan fingerprint density at radius 3 is 3.00 bits per heavy atom. The van der Waals surface area contributed by atoms with Crippen molar-refractivity contribution in [3.8, 4) is 0 Å². The molecule has 0 saturated carbocycles. The molecule has 16 heavy (non-hydrogen) atoms. The summed E-state index contributed by atoms with van der Waals surface area (Å²) in [6, 6.07) is 0.272. The van der Waals surface area contributed by atoms with Crippen molar-refractivity contribution in [1.82, 2.24) is 4.90 Å². The summed E-state index contributed by atoms with van der Waals surface area (Å²) in [5.74, 6) is -0.186. The first-order valence-electron chi connectivity index (χ1n) is 5.89. The molecule has 0 aromatic rings. The SMILES string of the molecule is C=C1CCN2CC[C@@H](OC(=O)/C(C)=C/C)[C@@H]12. The van der Waals surface area contributed by atoms with E-state index in [0.717, 1.165) is 25.9 Å². The average Bonchev–Trinajstić information content (AvgIpc) is 2.82. The van der Waals surface area contributed by atoms with Crippen molar-refractivity contribution in [2.75, 3.05) is 13.1 Å². The van der Waals surface area contributed by atoms with Crippen LogP contribution in [0.3, 0.4) is 0 Å². The summed E-state index contributed by atoms with van der Waals surface area (Å²) in [6.45, 7) is 9.81. The molecule has 0 radical (unpaired) electrons. The number of rotatable bonds is 2. The van der Waals surface area contributed by atoms with Crippen molar-refractivity contribution >= 4 is 5.97 Å². The van der Waals surface area contributed by atoms with Crippen LogP contribution < -0.4 is 0 Å². The summed E-state index contributed by atoms with van der Waals surface area (Å²) >= 11 is 0. The van der Waals surface area contributed by atoms with Crippen LogP contribution in [0.2, 0.25) is 0 Å². The second-order valence-electron chi connectivity index (χ2n) is 4.59. The summed E-state index contributed by atoms with van der Waals surface area (Å²) in [7, 11) is 0. The molecule has 2 aliphatic rings. The molecule has 3 nitrogen and oxygen atoms in total. The molecular weight excluding hydrogens is 202 g/mol. The lowest BCUT2D eigenvalue weighted by atomic mass is 10.1. The topological polar surface area (TPSA) is 29.5 Å². The third-order valence-corrected chi connectivity index (χ3v) is 3.60. The Hall–Kier alpha value is -1.09. The summed E-state index contributed by atoms with van der Waals surface area (Å²) in [5, 5.41) is 0. The fraction of sp³-hybridized carbons (Fsp3) is 0.615. The molecule has 0 bridgehead atoms. The molecule has 2 atom stereocenters. The molecule has 2 aliphatic heterocycles.